The monoisotopic (exact) mass is 466 g/mol. The summed E-state index contributed by atoms with van der Waals surface area (Å²) in [5.41, 5.74) is 3.80. The van der Waals surface area contributed by atoms with Crippen molar-refractivity contribution in [2.24, 2.45) is 5.92 Å². The Balaban J connectivity index is 1.34. The second kappa shape index (κ2) is 9.85. The molecule has 1 fully saturated rings. The number of alkyl carbamates (subject to hydrolysis) is 1. The first kappa shape index (κ1) is 23.8. The molecule has 2 atom stereocenters. The van der Waals surface area contributed by atoms with Gasteiger partial charge in [-0.25, -0.2) is 9.59 Å². The number of carbonyl (C=O) groups excluding carboxylic acids is 2. The highest BCUT2D eigenvalue weighted by atomic mass is 16.5. The highest BCUT2D eigenvalue weighted by Gasteiger charge is 2.44. The largest absolute Gasteiger partial charge is 0.479 e. The minimum absolute atomic E-state index is 0.0397. The summed E-state index contributed by atoms with van der Waals surface area (Å²) in [7, 11) is 0. The number of hydrogen-bond donors (Lipinski definition) is 4. The molecule has 2 aliphatic carbocycles. The number of aliphatic hydroxyl groups excluding tert-OH is 1. The lowest BCUT2D eigenvalue weighted by molar-refractivity contribution is -0.147. The first-order chi connectivity index (χ1) is 16.3. The Morgan fingerprint density at radius 2 is 1.65 bits per heavy atom. The van der Waals surface area contributed by atoms with E-state index in [2.05, 4.69) is 34.9 Å². The number of rotatable bonds is 10. The molecule has 8 nitrogen and oxygen atoms in total. The third-order valence-corrected chi connectivity index (χ3v) is 6.76. The SMILES string of the molecule is CC(CC(=O)NCC[C@H](O)C(=O)O)(NC(=O)OCC1c2ccccc2-c2ccccc21)C1CC1. The van der Waals surface area contributed by atoms with Gasteiger partial charge in [0.15, 0.2) is 6.10 Å². The van der Waals surface area contributed by atoms with E-state index in [0.717, 1.165) is 35.1 Å². The van der Waals surface area contributed by atoms with Crippen molar-refractivity contribution < 1.29 is 29.3 Å². The lowest BCUT2D eigenvalue weighted by Gasteiger charge is -2.30. The predicted molar refractivity (Wildman–Crippen MR) is 125 cm³/mol. The highest BCUT2D eigenvalue weighted by Crippen LogP contribution is 2.45. The molecule has 2 amide bonds. The molecule has 180 valence electrons. The molecule has 2 aromatic rings. The van der Waals surface area contributed by atoms with Crippen molar-refractivity contribution in [2.45, 2.75) is 50.2 Å². The molecule has 1 saturated carbocycles. The topological polar surface area (TPSA) is 125 Å². The molecular weight excluding hydrogens is 436 g/mol. The summed E-state index contributed by atoms with van der Waals surface area (Å²) in [6.45, 7) is 2.07. The summed E-state index contributed by atoms with van der Waals surface area (Å²) in [6, 6.07) is 16.2. The van der Waals surface area contributed by atoms with E-state index >= 15 is 0 Å². The molecule has 0 aromatic heterocycles. The van der Waals surface area contributed by atoms with Gasteiger partial charge in [0.2, 0.25) is 5.91 Å². The third kappa shape index (κ3) is 5.22. The summed E-state index contributed by atoms with van der Waals surface area (Å²) < 4.78 is 5.65. The lowest BCUT2D eigenvalue weighted by Crippen LogP contribution is -2.51. The Kier molecular flexibility index (Phi) is 6.88. The number of fused-ring (bicyclic) bond motifs is 3. The average molecular weight is 467 g/mol. The Morgan fingerprint density at radius 1 is 1.06 bits per heavy atom. The van der Waals surface area contributed by atoms with Gasteiger partial charge in [0, 0.05) is 25.3 Å². The van der Waals surface area contributed by atoms with E-state index in [1.54, 1.807) is 0 Å². The van der Waals surface area contributed by atoms with E-state index in [4.69, 9.17) is 9.84 Å². The van der Waals surface area contributed by atoms with Crippen molar-refractivity contribution in [1.29, 1.82) is 0 Å². The van der Waals surface area contributed by atoms with Gasteiger partial charge in [-0.1, -0.05) is 48.5 Å². The number of nitrogens with one attached hydrogen (secondary N) is 2. The Hall–Kier alpha value is -3.39. The number of amides is 2. The van der Waals surface area contributed by atoms with Gasteiger partial charge < -0.3 is 25.6 Å². The number of aliphatic hydroxyl groups is 1. The van der Waals surface area contributed by atoms with Crippen LogP contribution in [-0.2, 0) is 14.3 Å². The van der Waals surface area contributed by atoms with Crippen molar-refractivity contribution in [3.63, 3.8) is 0 Å². The fraction of sp³-hybridized carbons (Fsp3) is 0.423. The van der Waals surface area contributed by atoms with E-state index in [-0.39, 0.29) is 43.7 Å². The lowest BCUT2D eigenvalue weighted by atomic mass is 9.91. The maximum atomic E-state index is 12.8. The van der Waals surface area contributed by atoms with Gasteiger partial charge in [-0.2, -0.15) is 0 Å². The van der Waals surface area contributed by atoms with Crippen LogP contribution in [0, 0.1) is 5.92 Å². The molecule has 0 radical (unpaired) electrons. The Labute approximate surface area is 198 Å². The van der Waals surface area contributed by atoms with Gasteiger partial charge in [0.05, 0.1) is 5.54 Å². The van der Waals surface area contributed by atoms with Crippen LogP contribution in [0.2, 0.25) is 0 Å². The summed E-state index contributed by atoms with van der Waals surface area (Å²) in [4.78, 5) is 35.9. The van der Waals surface area contributed by atoms with E-state index in [1.165, 1.54) is 0 Å². The van der Waals surface area contributed by atoms with Crippen molar-refractivity contribution in [3.05, 3.63) is 59.7 Å². The van der Waals surface area contributed by atoms with Crippen LogP contribution in [0.3, 0.4) is 0 Å². The summed E-state index contributed by atoms with van der Waals surface area (Å²) in [6.07, 6.45) is -0.304. The normalized spacial score (nSPS) is 17.1. The van der Waals surface area contributed by atoms with Crippen LogP contribution in [0.25, 0.3) is 11.1 Å². The molecule has 0 bridgehead atoms. The van der Waals surface area contributed by atoms with E-state index < -0.39 is 23.7 Å². The average Bonchev–Trinajstić information content (AvgIpc) is 3.62. The molecule has 1 unspecified atom stereocenters. The molecule has 0 heterocycles. The maximum Gasteiger partial charge on any atom is 0.407 e. The summed E-state index contributed by atoms with van der Waals surface area (Å²) in [5.74, 6) is -1.52. The molecule has 4 rings (SSSR count). The van der Waals surface area contributed by atoms with E-state index in [0.29, 0.717) is 0 Å². The van der Waals surface area contributed by atoms with Crippen LogP contribution in [-0.4, -0.2) is 53.0 Å². The quantitative estimate of drug-likeness (QED) is 0.427. The number of carbonyl (C=O) groups is 3. The second-order valence-electron chi connectivity index (χ2n) is 9.31. The summed E-state index contributed by atoms with van der Waals surface area (Å²) >= 11 is 0. The van der Waals surface area contributed by atoms with Crippen molar-refractivity contribution in [2.75, 3.05) is 13.2 Å². The van der Waals surface area contributed by atoms with Crippen LogP contribution in [0.4, 0.5) is 4.79 Å². The van der Waals surface area contributed by atoms with Gasteiger partial charge in [-0.3, -0.25) is 4.79 Å². The zero-order valence-electron chi connectivity index (χ0n) is 19.1. The van der Waals surface area contributed by atoms with Crippen LogP contribution < -0.4 is 10.6 Å². The van der Waals surface area contributed by atoms with Gasteiger partial charge in [-0.15, -0.1) is 0 Å². The molecule has 0 saturated heterocycles. The van der Waals surface area contributed by atoms with Crippen molar-refractivity contribution >= 4 is 18.0 Å². The van der Waals surface area contributed by atoms with Gasteiger partial charge >= 0.3 is 12.1 Å². The van der Waals surface area contributed by atoms with Gasteiger partial charge in [-0.05, 0) is 47.9 Å². The van der Waals surface area contributed by atoms with Crippen LogP contribution in [0.1, 0.15) is 49.7 Å². The zero-order valence-corrected chi connectivity index (χ0v) is 19.1. The van der Waals surface area contributed by atoms with Crippen molar-refractivity contribution in [1.82, 2.24) is 10.6 Å². The molecule has 0 spiro atoms. The molecule has 0 aliphatic heterocycles. The number of carboxylic acids is 1. The molecule has 8 heteroatoms. The second-order valence-corrected chi connectivity index (χ2v) is 9.31. The smallest absolute Gasteiger partial charge is 0.407 e. The number of aliphatic carboxylic acids is 1. The third-order valence-electron chi connectivity index (χ3n) is 6.76. The fourth-order valence-electron chi connectivity index (χ4n) is 4.75. The minimum atomic E-state index is -1.52. The van der Waals surface area contributed by atoms with Gasteiger partial charge in [0.25, 0.3) is 0 Å². The van der Waals surface area contributed by atoms with Crippen LogP contribution in [0.5, 0.6) is 0 Å². The van der Waals surface area contributed by atoms with Crippen LogP contribution >= 0.6 is 0 Å². The van der Waals surface area contributed by atoms with Crippen LogP contribution in [0.15, 0.2) is 48.5 Å². The zero-order chi connectivity index (χ0) is 24.3. The molecular formula is C26H30N2O6. The Bertz CT molecular complexity index is 1040. The molecule has 34 heavy (non-hydrogen) atoms. The van der Waals surface area contributed by atoms with Gasteiger partial charge in [0.1, 0.15) is 6.61 Å². The number of carboxylic acid groups (broad SMARTS) is 1. The first-order valence-electron chi connectivity index (χ1n) is 11.6. The molecule has 2 aliphatic rings. The van der Waals surface area contributed by atoms with E-state index in [9.17, 15) is 19.5 Å². The van der Waals surface area contributed by atoms with Crippen molar-refractivity contribution in [3.8, 4) is 11.1 Å². The number of ether oxygens (including phenoxy) is 1. The van der Waals surface area contributed by atoms with E-state index in [1.807, 2.05) is 31.2 Å². The summed E-state index contributed by atoms with van der Waals surface area (Å²) in [5, 5.41) is 23.6. The molecule has 4 N–H and O–H groups in total. The number of benzene rings is 2. The maximum absolute atomic E-state index is 12.8. The standard InChI is InChI=1S/C26H30N2O6/c1-26(16-10-11-16,14-23(30)27-13-12-22(29)24(31)32)28-25(33)34-15-21-19-8-4-2-6-17(19)18-7-3-5-9-20(18)21/h2-9,16,21-22,29H,10-15H2,1H3,(H,27,30)(H,28,33)(H,31,32)/t22-,26?/m0/s1. The first-order valence-corrected chi connectivity index (χ1v) is 11.6. The highest BCUT2D eigenvalue weighted by molar-refractivity contribution is 5.80. The molecule has 2 aromatic carbocycles. The predicted octanol–water partition coefficient (Wildman–Crippen LogP) is 3.04. The minimum Gasteiger partial charge on any atom is -0.479 e. The number of hydrogen-bond acceptors (Lipinski definition) is 5. The Morgan fingerprint density at radius 3 is 2.21 bits per heavy atom. The fourth-order valence-corrected chi connectivity index (χ4v) is 4.75.